The van der Waals surface area contributed by atoms with Crippen LogP contribution in [0.25, 0.3) is 0 Å². The van der Waals surface area contributed by atoms with Gasteiger partial charge < -0.3 is 14.8 Å². The predicted octanol–water partition coefficient (Wildman–Crippen LogP) is 2.38. The largest absolute Gasteiger partial charge is 0.465 e. The zero-order valence-corrected chi connectivity index (χ0v) is 16.3. The molecule has 0 saturated heterocycles. The summed E-state index contributed by atoms with van der Waals surface area (Å²) < 4.78 is 9.88. The van der Waals surface area contributed by atoms with Crippen LogP contribution in [0.4, 0.5) is 5.82 Å². The van der Waals surface area contributed by atoms with Crippen molar-refractivity contribution >= 4 is 23.7 Å². The van der Waals surface area contributed by atoms with Gasteiger partial charge in [-0.1, -0.05) is 18.2 Å². The number of nitrogens with one attached hydrogen (secondary N) is 1. The van der Waals surface area contributed by atoms with E-state index in [1.165, 1.54) is 6.92 Å². The van der Waals surface area contributed by atoms with Gasteiger partial charge in [-0.15, -0.1) is 0 Å². The first-order chi connectivity index (χ1) is 13.9. The summed E-state index contributed by atoms with van der Waals surface area (Å²) in [6.07, 6.45) is 0. The van der Waals surface area contributed by atoms with Crippen molar-refractivity contribution in [3.05, 3.63) is 53.0 Å². The van der Waals surface area contributed by atoms with Gasteiger partial charge in [-0.25, -0.2) is 14.8 Å². The number of amides is 1. The Morgan fingerprint density at radius 1 is 1.10 bits per heavy atom. The van der Waals surface area contributed by atoms with Gasteiger partial charge in [0.1, 0.15) is 0 Å². The Balaban J connectivity index is 2.52. The highest BCUT2D eigenvalue weighted by atomic mass is 16.5. The van der Waals surface area contributed by atoms with E-state index in [1.54, 1.807) is 44.2 Å². The zero-order valence-electron chi connectivity index (χ0n) is 16.3. The molecule has 1 heterocycles. The molecule has 0 saturated carbocycles. The van der Waals surface area contributed by atoms with Crippen LogP contribution < -0.4 is 5.32 Å². The molecule has 0 aliphatic heterocycles. The first-order valence-electron chi connectivity index (χ1n) is 8.91. The van der Waals surface area contributed by atoms with Gasteiger partial charge in [-0.3, -0.25) is 9.59 Å². The van der Waals surface area contributed by atoms with Crippen molar-refractivity contribution in [1.29, 1.82) is 5.26 Å². The van der Waals surface area contributed by atoms with Crippen molar-refractivity contribution in [2.24, 2.45) is 0 Å². The van der Waals surface area contributed by atoms with Gasteiger partial charge in [0.2, 0.25) is 0 Å². The molecule has 2 rings (SSSR count). The Morgan fingerprint density at radius 2 is 1.76 bits per heavy atom. The number of aryl methyl sites for hydroxylation is 1. The maximum Gasteiger partial charge on any atom is 0.360 e. The van der Waals surface area contributed by atoms with Crippen molar-refractivity contribution in [3.63, 3.8) is 0 Å². The van der Waals surface area contributed by atoms with Gasteiger partial charge in [-0.2, -0.15) is 5.26 Å². The number of hydrogen-bond donors (Lipinski definition) is 1. The second-order valence-corrected chi connectivity index (χ2v) is 5.75. The standard InChI is InChI=1S/C20H20N4O5/c1-4-28-19(26)14(11-21)15-12(3)22-16(20(27)29-5-2)17(23-15)24-18(25)13-9-7-6-8-10-13/h6-10,14H,4-5H2,1-3H3,(H,23,24,25). The lowest BCUT2D eigenvalue weighted by molar-refractivity contribution is -0.143. The third kappa shape index (κ3) is 5.13. The molecule has 150 valence electrons. The summed E-state index contributed by atoms with van der Waals surface area (Å²) in [5, 5.41) is 11.9. The predicted molar refractivity (Wildman–Crippen MR) is 102 cm³/mol. The molecule has 1 unspecified atom stereocenters. The zero-order chi connectivity index (χ0) is 21.4. The number of rotatable bonds is 7. The van der Waals surface area contributed by atoms with E-state index in [-0.39, 0.29) is 36.1 Å². The Morgan fingerprint density at radius 3 is 2.34 bits per heavy atom. The van der Waals surface area contributed by atoms with Crippen LogP contribution in [0.5, 0.6) is 0 Å². The van der Waals surface area contributed by atoms with Crippen LogP contribution in [0.15, 0.2) is 30.3 Å². The number of benzene rings is 1. The molecule has 9 heteroatoms. The van der Waals surface area contributed by atoms with Crippen LogP contribution in [-0.2, 0) is 14.3 Å². The number of nitriles is 1. The lowest BCUT2D eigenvalue weighted by Gasteiger charge is -2.15. The van der Waals surface area contributed by atoms with Gasteiger partial charge >= 0.3 is 11.9 Å². The number of aromatic nitrogens is 2. The summed E-state index contributed by atoms with van der Waals surface area (Å²) in [6.45, 7) is 4.91. The summed E-state index contributed by atoms with van der Waals surface area (Å²) in [5.41, 5.74) is 0.263. The highest BCUT2D eigenvalue weighted by molar-refractivity contribution is 6.06. The molecule has 2 aromatic rings. The smallest absolute Gasteiger partial charge is 0.360 e. The molecular formula is C20H20N4O5. The summed E-state index contributed by atoms with van der Waals surface area (Å²) in [5.74, 6) is -3.68. The number of ether oxygens (including phenoxy) is 2. The van der Waals surface area contributed by atoms with Gasteiger partial charge in [0.15, 0.2) is 17.4 Å². The van der Waals surface area contributed by atoms with Crippen LogP contribution in [0.3, 0.4) is 0 Å². The lowest BCUT2D eigenvalue weighted by atomic mass is 10.1. The lowest BCUT2D eigenvalue weighted by Crippen LogP contribution is -2.23. The third-order valence-corrected chi connectivity index (χ3v) is 3.77. The molecule has 1 atom stereocenters. The summed E-state index contributed by atoms with van der Waals surface area (Å²) in [4.78, 5) is 45.3. The molecule has 0 bridgehead atoms. The van der Waals surface area contributed by atoms with E-state index in [0.717, 1.165) is 0 Å². The molecule has 29 heavy (non-hydrogen) atoms. The fourth-order valence-corrected chi connectivity index (χ4v) is 2.45. The molecule has 1 aromatic carbocycles. The van der Waals surface area contributed by atoms with Crippen molar-refractivity contribution in [2.75, 3.05) is 18.5 Å². The number of nitrogens with zero attached hydrogens (tertiary/aromatic N) is 3. The van der Waals surface area contributed by atoms with E-state index < -0.39 is 23.8 Å². The summed E-state index contributed by atoms with van der Waals surface area (Å²) in [7, 11) is 0. The van der Waals surface area contributed by atoms with Crippen molar-refractivity contribution in [2.45, 2.75) is 26.7 Å². The van der Waals surface area contributed by atoms with E-state index in [2.05, 4.69) is 15.3 Å². The molecule has 0 fully saturated rings. The Hall–Kier alpha value is -3.80. The third-order valence-electron chi connectivity index (χ3n) is 3.77. The van der Waals surface area contributed by atoms with Gasteiger partial charge in [0, 0.05) is 5.56 Å². The Labute approximate surface area is 167 Å². The maximum atomic E-state index is 12.5. The Kier molecular flexibility index (Phi) is 7.37. The molecular weight excluding hydrogens is 376 g/mol. The van der Waals surface area contributed by atoms with Crippen LogP contribution in [0.2, 0.25) is 0 Å². The van der Waals surface area contributed by atoms with Crippen molar-refractivity contribution < 1.29 is 23.9 Å². The van der Waals surface area contributed by atoms with Crippen LogP contribution in [0, 0.1) is 18.3 Å². The highest BCUT2D eigenvalue weighted by Crippen LogP contribution is 2.23. The molecule has 9 nitrogen and oxygen atoms in total. The van der Waals surface area contributed by atoms with E-state index in [0.29, 0.717) is 5.56 Å². The van der Waals surface area contributed by atoms with Crippen molar-refractivity contribution in [3.8, 4) is 6.07 Å². The molecule has 0 radical (unpaired) electrons. The molecule has 0 spiro atoms. The fourth-order valence-electron chi connectivity index (χ4n) is 2.45. The quantitative estimate of drug-likeness (QED) is 0.706. The van der Waals surface area contributed by atoms with E-state index in [1.807, 2.05) is 6.07 Å². The monoisotopic (exact) mass is 396 g/mol. The Bertz CT molecular complexity index is 953. The highest BCUT2D eigenvalue weighted by Gasteiger charge is 2.29. The minimum Gasteiger partial charge on any atom is -0.465 e. The molecule has 1 N–H and O–H groups in total. The normalized spacial score (nSPS) is 11.1. The molecule has 0 aliphatic carbocycles. The number of hydrogen-bond acceptors (Lipinski definition) is 8. The van der Waals surface area contributed by atoms with Crippen LogP contribution in [-0.4, -0.2) is 41.0 Å². The summed E-state index contributed by atoms with van der Waals surface area (Å²) in [6, 6.07) is 10.1. The minimum absolute atomic E-state index is 0.0117. The van der Waals surface area contributed by atoms with Gasteiger partial charge in [0.25, 0.3) is 5.91 Å². The van der Waals surface area contributed by atoms with Crippen LogP contribution in [0.1, 0.15) is 52.0 Å². The van der Waals surface area contributed by atoms with E-state index in [4.69, 9.17) is 9.47 Å². The number of esters is 2. The first kappa shape index (κ1) is 21.5. The summed E-state index contributed by atoms with van der Waals surface area (Å²) >= 11 is 0. The number of anilines is 1. The fraction of sp³-hybridized carbons (Fsp3) is 0.300. The topological polar surface area (TPSA) is 131 Å². The second kappa shape index (κ2) is 9.94. The average molecular weight is 396 g/mol. The van der Waals surface area contributed by atoms with Crippen molar-refractivity contribution in [1.82, 2.24) is 9.97 Å². The van der Waals surface area contributed by atoms with E-state index >= 15 is 0 Å². The van der Waals surface area contributed by atoms with Gasteiger partial charge in [-0.05, 0) is 32.9 Å². The molecule has 1 aromatic heterocycles. The number of carbonyl (C=O) groups is 3. The van der Waals surface area contributed by atoms with Crippen LogP contribution >= 0.6 is 0 Å². The maximum absolute atomic E-state index is 12.5. The molecule has 0 aliphatic rings. The average Bonchev–Trinajstić information content (AvgIpc) is 2.71. The van der Waals surface area contributed by atoms with Gasteiger partial charge in [0.05, 0.1) is 30.7 Å². The molecule has 1 amide bonds. The second-order valence-electron chi connectivity index (χ2n) is 5.75. The number of carbonyl (C=O) groups excluding carboxylic acids is 3. The minimum atomic E-state index is -1.36. The first-order valence-corrected chi connectivity index (χ1v) is 8.91. The van der Waals surface area contributed by atoms with E-state index in [9.17, 15) is 19.6 Å². The SMILES string of the molecule is CCOC(=O)c1nc(C)c(C(C#N)C(=O)OCC)nc1NC(=O)c1ccccc1.